The first-order valence-electron chi connectivity index (χ1n) is 4.97. The summed E-state index contributed by atoms with van der Waals surface area (Å²) >= 11 is 1.09. The summed E-state index contributed by atoms with van der Waals surface area (Å²) in [5.41, 5.74) is 1.61. The molecule has 0 aliphatic rings. The minimum atomic E-state index is -0.989. The Hall–Kier alpha value is -2.01. The molecule has 17 heavy (non-hydrogen) atoms. The molecule has 0 aliphatic carbocycles. The zero-order valence-corrected chi connectivity index (χ0v) is 9.94. The third-order valence-corrected chi connectivity index (χ3v) is 3.04. The molecule has 2 aromatic rings. The molecular weight excluding hydrogens is 236 g/mol. The van der Waals surface area contributed by atoms with Gasteiger partial charge >= 0.3 is 5.97 Å². The summed E-state index contributed by atoms with van der Waals surface area (Å²) < 4.78 is 4.00. The van der Waals surface area contributed by atoms with Crippen molar-refractivity contribution in [1.29, 1.82) is 0 Å². The Labute approximate surface area is 102 Å². The van der Waals surface area contributed by atoms with E-state index in [1.54, 1.807) is 13.1 Å². The van der Waals surface area contributed by atoms with Crippen LogP contribution in [-0.4, -0.2) is 21.7 Å². The van der Waals surface area contributed by atoms with Crippen molar-refractivity contribution >= 4 is 28.7 Å². The Balaban J connectivity index is 2.31. The summed E-state index contributed by atoms with van der Waals surface area (Å²) in [4.78, 5) is 15.2. The van der Waals surface area contributed by atoms with Crippen LogP contribution in [0, 0.1) is 6.92 Å². The number of carboxylic acid groups (broad SMARTS) is 1. The molecular formula is C12H10N2O2S. The van der Waals surface area contributed by atoms with Gasteiger partial charge in [-0.1, -0.05) is 30.3 Å². The van der Waals surface area contributed by atoms with Gasteiger partial charge in [-0.05, 0) is 24.0 Å². The summed E-state index contributed by atoms with van der Waals surface area (Å²) in [6.45, 7) is 1.67. The molecule has 1 heterocycles. The third-order valence-electron chi connectivity index (χ3n) is 2.19. The highest BCUT2D eigenvalue weighted by Gasteiger charge is 2.16. The normalized spacial score (nSPS) is 10.9. The number of rotatable bonds is 3. The van der Waals surface area contributed by atoms with Crippen molar-refractivity contribution in [2.75, 3.05) is 0 Å². The van der Waals surface area contributed by atoms with Crippen LogP contribution in [0.15, 0.2) is 35.3 Å². The molecule has 1 aromatic heterocycles. The van der Waals surface area contributed by atoms with Gasteiger partial charge in [0.2, 0.25) is 0 Å². The highest BCUT2D eigenvalue weighted by atomic mass is 32.1. The molecule has 0 bridgehead atoms. The van der Waals surface area contributed by atoms with Crippen LogP contribution >= 0.6 is 11.5 Å². The van der Waals surface area contributed by atoms with E-state index in [9.17, 15) is 4.79 Å². The number of carboxylic acids is 1. The summed E-state index contributed by atoms with van der Waals surface area (Å²) in [5, 5.41) is 9.45. The number of hydrogen-bond donors (Lipinski definition) is 1. The molecule has 0 aliphatic heterocycles. The number of hydrogen-bond acceptors (Lipinski definition) is 4. The molecule has 0 spiro atoms. The van der Waals surface area contributed by atoms with Crippen LogP contribution < -0.4 is 0 Å². The average Bonchev–Trinajstić information content (AvgIpc) is 2.69. The monoisotopic (exact) mass is 246 g/mol. The molecule has 0 atom stereocenters. The predicted octanol–water partition coefficient (Wildman–Crippen LogP) is 2.90. The first kappa shape index (κ1) is 11.5. The molecule has 0 saturated carbocycles. The molecule has 0 unspecified atom stereocenters. The van der Waals surface area contributed by atoms with Gasteiger partial charge in [-0.25, -0.2) is 9.79 Å². The van der Waals surface area contributed by atoms with Gasteiger partial charge in [0.25, 0.3) is 0 Å². The smallest absolute Gasteiger partial charge is 0.340 e. The Morgan fingerprint density at radius 2 is 2.12 bits per heavy atom. The fraction of sp³-hybridized carbons (Fsp3) is 0.0833. The van der Waals surface area contributed by atoms with Crippen LogP contribution in [0.3, 0.4) is 0 Å². The zero-order chi connectivity index (χ0) is 12.3. The summed E-state index contributed by atoms with van der Waals surface area (Å²) in [5.74, 6) is -0.989. The first-order chi connectivity index (χ1) is 8.18. The van der Waals surface area contributed by atoms with E-state index in [1.165, 1.54) is 0 Å². The number of aromatic nitrogens is 1. The standard InChI is InChI=1S/C12H10N2O2S/c1-8-10(12(15)16)11(17-14-8)13-7-9-5-3-2-4-6-9/h2-7H,1H3,(H,15,16). The molecule has 4 nitrogen and oxygen atoms in total. The lowest BCUT2D eigenvalue weighted by Crippen LogP contribution is -1.96. The summed E-state index contributed by atoms with van der Waals surface area (Å²) in [6.07, 6.45) is 1.64. The number of aryl methyl sites for hydroxylation is 1. The van der Waals surface area contributed by atoms with Gasteiger partial charge in [0, 0.05) is 6.21 Å². The van der Waals surface area contributed by atoms with Crippen LogP contribution in [0.2, 0.25) is 0 Å². The van der Waals surface area contributed by atoms with Crippen LogP contribution in [0.25, 0.3) is 0 Å². The van der Waals surface area contributed by atoms with Crippen molar-refractivity contribution in [3.05, 3.63) is 47.2 Å². The molecule has 1 aromatic carbocycles. The molecule has 2 rings (SSSR count). The Bertz CT molecular complexity index is 561. The highest BCUT2D eigenvalue weighted by Crippen LogP contribution is 2.27. The lowest BCUT2D eigenvalue weighted by molar-refractivity contribution is 0.0697. The second kappa shape index (κ2) is 4.88. The minimum absolute atomic E-state index is 0.183. The maximum absolute atomic E-state index is 11.0. The van der Waals surface area contributed by atoms with Crippen molar-refractivity contribution < 1.29 is 9.90 Å². The summed E-state index contributed by atoms with van der Waals surface area (Å²) in [6, 6.07) is 9.52. The van der Waals surface area contributed by atoms with Crippen LogP contribution in [0.1, 0.15) is 21.6 Å². The van der Waals surface area contributed by atoms with E-state index in [0.29, 0.717) is 10.7 Å². The van der Waals surface area contributed by atoms with Crippen LogP contribution in [0.5, 0.6) is 0 Å². The molecule has 0 radical (unpaired) electrons. The second-order valence-electron chi connectivity index (χ2n) is 3.42. The van der Waals surface area contributed by atoms with Gasteiger partial charge in [-0.15, -0.1) is 0 Å². The van der Waals surface area contributed by atoms with Gasteiger partial charge in [0.05, 0.1) is 5.69 Å². The van der Waals surface area contributed by atoms with Crippen molar-refractivity contribution in [2.24, 2.45) is 4.99 Å². The molecule has 0 fully saturated rings. The second-order valence-corrected chi connectivity index (χ2v) is 4.17. The lowest BCUT2D eigenvalue weighted by atomic mass is 10.2. The van der Waals surface area contributed by atoms with Gasteiger partial charge < -0.3 is 5.11 Å². The highest BCUT2D eigenvalue weighted by molar-refractivity contribution is 7.10. The molecule has 5 heteroatoms. The van der Waals surface area contributed by atoms with E-state index in [0.717, 1.165) is 17.1 Å². The van der Waals surface area contributed by atoms with Gasteiger partial charge in [-0.3, -0.25) is 0 Å². The zero-order valence-electron chi connectivity index (χ0n) is 9.12. The molecule has 86 valence electrons. The quantitative estimate of drug-likeness (QED) is 0.847. The average molecular weight is 246 g/mol. The van der Waals surface area contributed by atoms with Gasteiger partial charge in [0.15, 0.2) is 5.00 Å². The van der Waals surface area contributed by atoms with E-state index in [4.69, 9.17) is 5.11 Å². The topological polar surface area (TPSA) is 62.5 Å². The van der Waals surface area contributed by atoms with E-state index < -0.39 is 5.97 Å². The number of benzene rings is 1. The number of carbonyl (C=O) groups is 1. The Kier molecular flexibility index (Phi) is 3.30. The van der Waals surface area contributed by atoms with Crippen molar-refractivity contribution in [1.82, 2.24) is 4.37 Å². The van der Waals surface area contributed by atoms with Crippen LogP contribution in [0.4, 0.5) is 5.00 Å². The number of aliphatic imine (C=N–C) groups is 1. The SMILES string of the molecule is Cc1nsc(N=Cc2ccccc2)c1C(=O)O. The minimum Gasteiger partial charge on any atom is -0.478 e. The fourth-order valence-corrected chi connectivity index (χ4v) is 2.11. The van der Waals surface area contributed by atoms with Gasteiger partial charge in [0.1, 0.15) is 5.56 Å². The van der Waals surface area contributed by atoms with Gasteiger partial charge in [-0.2, -0.15) is 4.37 Å². The molecule has 0 saturated heterocycles. The van der Waals surface area contributed by atoms with E-state index in [1.807, 2.05) is 30.3 Å². The third kappa shape index (κ3) is 2.57. The van der Waals surface area contributed by atoms with E-state index in [-0.39, 0.29) is 5.56 Å². The predicted molar refractivity (Wildman–Crippen MR) is 67.5 cm³/mol. The van der Waals surface area contributed by atoms with Crippen molar-refractivity contribution in [3.8, 4) is 0 Å². The Morgan fingerprint density at radius 3 is 2.76 bits per heavy atom. The number of nitrogens with zero attached hydrogens (tertiary/aromatic N) is 2. The first-order valence-corrected chi connectivity index (χ1v) is 5.74. The maximum Gasteiger partial charge on any atom is 0.340 e. The lowest BCUT2D eigenvalue weighted by Gasteiger charge is -1.93. The van der Waals surface area contributed by atoms with Crippen molar-refractivity contribution in [3.63, 3.8) is 0 Å². The summed E-state index contributed by atoms with van der Waals surface area (Å²) in [7, 11) is 0. The van der Waals surface area contributed by atoms with E-state index in [2.05, 4.69) is 9.37 Å². The van der Waals surface area contributed by atoms with Crippen molar-refractivity contribution in [2.45, 2.75) is 6.92 Å². The number of aromatic carboxylic acids is 1. The molecule has 1 N–H and O–H groups in total. The van der Waals surface area contributed by atoms with Crippen LogP contribution in [-0.2, 0) is 0 Å². The van der Waals surface area contributed by atoms with E-state index >= 15 is 0 Å². The molecule has 0 amide bonds. The largest absolute Gasteiger partial charge is 0.478 e. The maximum atomic E-state index is 11.0. The Morgan fingerprint density at radius 1 is 1.41 bits per heavy atom. The fourth-order valence-electron chi connectivity index (χ4n) is 1.36.